The van der Waals surface area contributed by atoms with Gasteiger partial charge in [0.05, 0.1) is 0 Å². The summed E-state index contributed by atoms with van der Waals surface area (Å²) in [4.78, 5) is 0. The number of nitrogens with zero attached hydrogens (tertiary/aromatic N) is 4. The lowest BCUT2D eigenvalue weighted by molar-refractivity contribution is -0.290. The predicted octanol–water partition coefficient (Wildman–Crippen LogP) is 9.21. The van der Waals surface area contributed by atoms with E-state index in [0.717, 1.165) is 72.8 Å². The average Bonchev–Trinajstić information content (AvgIpc) is 3.58. The number of hydrogen-bond donors (Lipinski definition) is 12. The van der Waals surface area contributed by atoms with Gasteiger partial charge < -0.3 is 56.5 Å². The molecule has 0 saturated heterocycles. The molecular weight excluding hydrogens is 1180 g/mol. The van der Waals surface area contributed by atoms with Gasteiger partial charge in [0.1, 0.15) is 23.3 Å². The molecule has 0 saturated carbocycles. The molecular formula is C51H44F18N14O2. The van der Waals surface area contributed by atoms with Crippen LogP contribution in [-0.2, 0) is 16.2 Å². The molecule has 85 heavy (non-hydrogen) atoms. The summed E-state index contributed by atoms with van der Waals surface area (Å²) in [5.41, 5.74) is 12.4. The van der Waals surface area contributed by atoms with Crippen LogP contribution in [0.4, 0.5) is 79.0 Å². The largest absolute Gasteiger partial charge is 0.411 e. The van der Waals surface area contributed by atoms with Gasteiger partial charge in [-0.05, 0) is 33.4 Å². The molecule has 6 rings (SSSR count). The molecule has 6 aromatic carbocycles. The summed E-state index contributed by atoms with van der Waals surface area (Å²) < 4.78 is 252. The Morgan fingerprint density at radius 2 is 0.412 bits per heavy atom. The van der Waals surface area contributed by atoms with Crippen molar-refractivity contribution in [3.05, 3.63) is 212 Å². The van der Waals surface area contributed by atoms with E-state index in [1.165, 1.54) is 0 Å². The van der Waals surface area contributed by atoms with Gasteiger partial charge >= 0.3 is 37.1 Å². The van der Waals surface area contributed by atoms with Crippen LogP contribution in [-0.4, -0.2) is 82.5 Å². The van der Waals surface area contributed by atoms with Gasteiger partial charge in [-0.3, -0.25) is 10.8 Å². The first kappa shape index (κ1) is 67.6. The quantitative estimate of drug-likeness (QED) is 0.0138. The Balaban J connectivity index is 0.000000274. The molecule has 34 heteroatoms. The maximum absolute atomic E-state index is 14.0. The molecule has 6 aromatic rings. The number of halogens is 18. The smallest absolute Gasteiger partial charge is 0.409 e. The molecule has 0 aliphatic rings. The summed E-state index contributed by atoms with van der Waals surface area (Å²) in [6.45, 7) is 0. The van der Waals surface area contributed by atoms with Crippen LogP contribution >= 0.6 is 0 Å². The van der Waals surface area contributed by atoms with Gasteiger partial charge in [0, 0.05) is 33.4 Å². The van der Waals surface area contributed by atoms with Gasteiger partial charge in [-0.2, -0.15) is 89.2 Å². The Bertz CT molecular complexity index is 3030. The number of nitrogen functional groups attached to an aromatic ring is 2. The van der Waals surface area contributed by atoms with Crippen molar-refractivity contribution in [1.82, 2.24) is 0 Å². The Morgan fingerprint density at radius 1 is 0.271 bits per heavy atom. The Morgan fingerprint density at radius 3 is 0.529 bits per heavy atom. The summed E-state index contributed by atoms with van der Waals surface area (Å²) in [5.74, 6) is 7.53. The molecule has 0 aliphatic carbocycles. The minimum absolute atomic E-state index is 0.0103. The van der Waals surface area contributed by atoms with E-state index in [4.69, 9.17) is 67.3 Å². The lowest BCUT2D eigenvalue weighted by Gasteiger charge is -2.38. The van der Waals surface area contributed by atoms with E-state index in [9.17, 15) is 79.0 Å². The van der Waals surface area contributed by atoms with Gasteiger partial charge in [-0.25, -0.2) is 0 Å². The number of hydrazone groups is 2. The van der Waals surface area contributed by atoms with Gasteiger partial charge in [0.15, 0.2) is 11.7 Å². The number of oxime groups is 2. The van der Waals surface area contributed by atoms with E-state index < -0.39 is 110 Å². The van der Waals surface area contributed by atoms with E-state index in [2.05, 4.69) is 20.5 Å². The summed E-state index contributed by atoms with van der Waals surface area (Å²) in [7, 11) is 0. The third-order valence-corrected chi connectivity index (χ3v) is 12.8. The second kappa shape index (κ2) is 24.9. The van der Waals surface area contributed by atoms with Gasteiger partial charge in [0.2, 0.25) is 16.2 Å². The first-order valence-corrected chi connectivity index (χ1v) is 22.9. The van der Waals surface area contributed by atoms with Crippen molar-refractivity contribution in [3.63, 3.8) is 0 Å². The van der Waals surface area contributed by atoms with Crippen LogP contribution in [0.15, 0.2) is 166 Å². The highest BCUT2D eigenvalue weighted by Crippen LogP contribution is 2.59. The van der Waals surface area contributed by atoms with E-state index in [-0.39, 0.29) is 45.1 Å². The van der Waals surface area contributed by atoms with Crippen LogP contribution in [0.1, 0.15) is 66.8 Å². The van der Waals surface area contributed by atoms with Crippen molar-refractivity contribution in [2.45, 2.75) is 53.3 Å². The number of nitrogens with one attached hydrogen (secondary N) is 2. The average molecular weight is 1230 g/mol. The zero-order valence-electron chi connectivity index (χ0n) is 42.5. The molecule has 0 aliphatic heterocycles. The predicted molar refractivity (Wildman–Crippen MR) is 274 cm³/mol. The lowest BCUT2D eigenvalue weighted by atomic mass is 9.72. The van der Waals surface area contributed by atoms with Crippen molar-refractivity contribution >= 4 is 35.0 Å². The summed E-state index contributed by atoms with van der Waals surface area (Å²) >= 11 is 0. The molecule has 20 N–H and O–H groups in total. The summed E-state index contributed by atoms with van der Waals surface area (Å²) in [6, 6.07) is 18.8. The van der Waals surface area contributed by atoms with Crippen molar-refractivity contribution in [3.8, 4) is 0 Å². The molecule has 0 unspecified atom stereocenters. The summed E-state index contributed by atoms with van der Waals surface area (Å²) in [6.07, 6.45) is -34.4. The van der Waals surface area contributed by atoms with Crippen LogP contribution in [0.3, 0.4) is 0 Å². The molecule has 0 aromatic heterocycles. The molecule has 0 heterocycles. The minimum Gasteiger partial charge on any atom is -0.409 e. The molecule has 0 radical (unpaired) electrons. The second-order valence-electron chi connectivity index (χ2n) is 17.5. The van der Waals surface area contributed by atoms with Crippen LogP contribution in [0.2, 0.25) is 0 Å². The molecule has 0 atom stereocenters. The van der Waals surface area contributed by atoms with E-state index in [1.807, 2.05) is 0 Å². The fraction of sp³-hybridized carbons (Fsp3) is 0.176. The number of rotatable bonds is 12. The minimum atomic E-state index is -5.78. The van der Waals surface area contributed by atoms with Crippen LogP contribution in [0.25, 0.3) is 0 Å². The SMILES string of the molecule is N/C(=N\O)c1ccc(C(c2ccc(/C(N)=N/O)cc2)(C(F)(F)F)C(F)(F)F)cc1.N=C(N)c1ccc(C(c2ccc(C(=N)N)cc2)(C(F)(F)F)C(F)(F)F)cc1.NN=C(N)c1ccc(C(c2ccc(C(N)=NN)cc2)(C(F)(F)F)C(F)(F)F)cc1. The fourth-order valence-electron chi connectivity index (χ4n) is 8.57. The maximum Gasteiger partial charge on any atom is 0.411 e. The van der Waals surface area contributed by atoms with Gasteiger partial charge in [-0.15, -0.1) is 0 Å². The fourth-order valence-corrected chi connectivity index (χ4v) is 8.57. The summed E-state index contributed by atoms with van der Waals surface area (Å²) in [5, 5.41) is 43.3. The van der Waals surface area contributed by atoms with Crippen molar-refractivity contribution < 1.29 is 89.4 Å². The maximum atomic E-state index is 14.0. The lowest BCUT2D eigenvalue weighted by Crippen LogP contribution is -2.54. The molecule has 0 bridgehead atoms. The number of amidine groups is 6. The molecule has 0 spiro atoms. The zero-order valence-corrected chi connectivity index (χ0v) is 42.5. The molecule has 0 fully saturated rings. The molecule has 0 amide bonds. The number of nitrogens with two attached hydrogens (primary N) is 8. The standard InChI is InChI=1S/C17H16F6N6.C17H14F6N4O2.C17H14F6N4/c18-16(19,20)15(17(21,22)23,11-5-1-9(2-6-11)13(24)28-26)12-7-3-10(4-8-12)14(25)29-27;18-16(19,20)15(17(21,22)23,11-5-1-9(2-6-11)13(24)26-28)12-7-3-10(4-8-12)14(25)27-29;18-16(19,20)15(17(21,22)23,11-5-1-9(2-6-11)13(24)25)12-7-3-10(4-8-12)14(26)27/h1-8H,26-27H2,(H2,24,28)(H2,25,29);1-8,28-29H,(H2,24,26)(H2,25,27);1-8H,(H3,24,25)(H3,26,27). The van der Waals surface area contributed by atoms with Crippen LogP contribution in [0.5, 0.6) is 0 Å². The highest BCUT2D eigenvalue weighted by Gasteiger charge is 2.74. The van der Waals surface area contributed by atoms with Crippen molar-refractivity contribution in [2.24, 2.45) is 66.6 Å². The topological polar surface area (TPSA) is 346 Å². The normalized spacial score (nSPS) is 13.7. The van der Waals surface area contributed by atoms with Crippen LogP contribution in [0, 0.1) is 10.8 Å². The van der Waals surface area contributed by atoms with Crippen molar-refractivity contribution in [2.75, 3.05) is 0 Å². The number of benzene rings is 6. The number of alkyl halides is 18. The van der Waals surface area contributed by atoms with Gasteiger partial charge in [0.25, 0.3) is 0 Å². The molecule has 16 nitrogen and oxygen atoms in total. The van der Waals surface area contributed by atoms with E-state index in [1.54, 1.807) is 0 Å². The second-order valence-corrected chi connectivity index (χ2v) is 17.5. The van der Waals surface area contributed by atoms with Crippen molar-refractivity contribution in [1.29, 1.82) is 10.8 Å². The third kappa shape index (κ3) is 13.0. The first-order chi connectivity index (χ1) is 39.1. The number of hydrogen-bond acceptors (Lipinski definition) is 10. The van der Waals surface area contributed by atoms with E-state index >= 15 is 0 Å². The van der Waals surface area contributed by atoms with Gasteiger partial charge in [-0.1, -0.05) is 156 Å². The monoisotopic (exact) mass is 1230 g/mol. The Labute approximate surface area is 466 Å². The third-order valence-electron chi connectivity index (χ3n) is 12.8. The van der Waals surface area contributed by atoms with Crippen LogP contribution < -0.4 is 46.1 Å². The highest BCUT2D eigenvalue weighted by atomic mass is 19.4. The highest BCUT2D eigenvalue weighted by molar-refractivity contribution is 5.99. The Hall–Kier alpha value is -9.92. The first-order valence-electron chi connectivity index (χ1n) is 22.9. The zero-order chi connectivity index (χ0) is 64.7. The molecule has 456 valence electrons. The Kier molecular flexibility index (Phi) is 19.8. The van der Waals surface area contributed by atoms with E-state index in [0.29, 0.717) is 72.8 Å².